The first-order valence-corrected chi connectivity index (χ1v) is 7.91. The van der Waals surface area contributed by atoms with Crippen LogP contribution in [0.3, 0.4) is 0 Å². The van der Waals surface area contributed by atoms with Gasteiger partial charge in [0, 0.05) is 5.33 Å². The molecule has 0 unspecified atom stereocenters. The molecule has 0 atom stereocenters. The van der Waals surface area contributed by atoms with Gasteiger partial charge in [0.15, 0.2) is 0 Å². The van der Waals surface area contributed by atoms with Crippen molar-refractivity contribution in [2.45, 2.75) is 58.2 Å². The van der Waals surface area contributed by atoms with Gasteiger partial charge in [-0.15, -0.1) is 0 Å². The van der Waals surface area contributed by atoms with Crippen molar-refractivity contribution in [3.05, 3.63) is 28.8 Å². The summed E-state index contributed by atoms with van der Waals surface area (Å²) in [5.74, 6) is 1.07. The Hall–Kier alpha value is -0.500. The van der Waals surface area contributed by atoms with Gasteiger partial charge in [-0.3, -0.25) is 0 Å². The van der Waals surface area contributed by atoms with Crippen LogP contribution in [0, 0.1) is 0 Å². The topological polar surface area (TPSA) is 9.23 Å². The van der Waals surface area contributed by atoms with Crippen molar-refractivity contribution < 1.29 is 4.74 Å². The summed E-state index contributed by atoms with van der Waals surface area (Å²) in [6.45, 7) is 11.7. The monoisotopic (exact) mass is 312 g/mol. The molecule has 0 bridgehead atoms. The van der Waals surface area contributed by atoms with Crippen molar-refractivity contribution in [1.29, 1.82) is 0 Å². The number of ether oxygens (including phenoxy) is 1. The molecule has 18 heavy (non-hydrogen) atoms. The molecule has 0 aliphatic carbocycles. The molecule has 0 spiro atoms. The highest BCUT2D eigenvalue weighted by Gasteiger charge is 2.18. The van der Waals surface area contributed by atoms with Gasteiger partial charge in [-0.2, -0.15) is 0 Å². The lowest BCUT2D eigenvalue weighted by molar-refractivity contribution is 0.335. The van der Waals surface area contributed by atoms with Crippen LogP contribution in [0.2, 0.25) is 0 Å². The summed E-state index contributed by atoms with van der Waals surface area (Å²) >= 11 is 3.61. The maximum atomic E-state index is 5.85. The van der Waals surface area contributed by atoms with E-state index in [2.05, 4.69) is 55.8 Å². The second-order valence-corrected chi connectivity index (χ2v) is 6.24. The van der Waals surface area contributed by atoms with Gasteiger partial charge in [0.2, 0.25) is 0 Å². The van der Waals surface area contributed by atoms with E-state index in [1.54, 1.807) is 0 Å². The molecule has 1 aromatic rings. The van der Waals surface area contributed by atoms with Crippen molar-refractivity contribution in [2.24, 2.45) is 0 Å². The van der Waals surface area contributed by atoms with E-state index < -0.39 is 0 Å². The Balaban J connectivity index is 3.33. The third-order valence-corrected chi connectivity index (χ3v) is 3.72. The third kappa shape index (κ3) is 3.74. The summed E-state index contributed by atoms with van der Waals surface area (Å²) in [5.41, 5.74) is 4.24. The lowest BCUT2D eigenvalue weighted by Gasteiger charge is -2.23. The smallest absolute Gasteiger partial charge is 0.123 e. The van der Waals surface area contributed by atoms with Gasteiger partial charge in [-0.25, -0.2) is 0 Å². The fourth-order valence-corrected chi connectivity index (χ4v) is 2.57. The van der Waals surface area contributed by atoms with Crippen LogP contribution >= 0.6 is 15.9 Å². The average Bonchev–Trinajstić information content (AvgIpc) is 2.30. The summed E-state index contributed by atoms with van der Waals surface area (Å²) in [4.78, 5) is 0. The molecule has 1 nitrogen and oxygen atoms in total. The maximum Gasteiger partial charge on any atom is 0.123 e. The highest BCUT2D eigenvalue weighted by Crippen LogP contribution is 2.33. The zero-order chi connectivity index (χ0) is 13.8. The second-order valence-electron chi connectivity index (χ2n) is 5.68. The molecule has 0 aromatic heterocycles. The van der Waals surface area contributed by atoms with Crippen LogP contribution in [0.15, 0.2) is 12.1 Å². The van der Waals surface area contributed by atoms with Crippen molar-refractivity contribution in [1.82, 2.24) is 0 Å². The molecule has 0 saturated heterocycles. The number of halogens is 1. The lowest BCUT2D eigenvalue weighted by atomic mass is 9.84. The van der Waals surface area contributed by atoms with Crippen LogP contribution in [0.4, 0.5) is 0 Å². The van der Waals surface area contributed by atoms with E-state index in [9.17, 15) is 0 Å². The van der Waals surface area contributed by atoms with Crippen molar-refractivity contribution in [2.75, 3.05) is 6.61 Å². The quantitative estimate of drug-likeness (QED) is 0.676. The van der Waals surface area contributed by atoms with E-state index in [4.69, 9.17) is 4.74 Å². The third-order valence-electron chi connectivity index (χ3n) is 3.11. The number of hydrogen-bond donors (Lipinski definition) is 0. The molecule has 0 N–H and O–H groups in total. The average molecular weight is 313 g/mol. The maximum absolute atomic E-state index is 5.85. The van der Waals surface area contributed by atoms with E-state index in [0.29, 0.717) is 0 Å². The Morgan fingerprint density at radius 1 is 1.17 bits per heavy atom. The van der Waals surface area contributed by atoms with Gasteiger partial charge in [-0.05, 0) is 41.5 Å². The Morgan fingerprint density at radius 3 is 2.28 bits per heavy atom. The van der Waals surface area contributed by atoms with Gasteiger partial charge >= 0.3 is 0 Å². The highest BCUT2D eigenvalue weighted by molar-refractivity contribution is 9.08. The summed E-state index contributed by atoms with van der Waals surface area (Å²) in [7, 11) is 0. The normalized spacial score (nSPS) is 11.7. The Kier molecular flexibility index (Phi) is 5.71. The van der Waals surface area contributed by atoms with E-state index in [0.717, 1.165) is 30.5 Å². The van der Waals surface area contributed by atoms with Crippen LogP contribution in [-0.4, -0.2) is 6.61 Å². The molecule has 0 heterocycles. The van der Waals surface area contributed by atoms with Crippen LogP contribution in [-0.2, 0) is 17.2 Å². The van der Waals surface area contributed by atoms with Gasteiger partial charge < -0.3 is 4.74 Å². The van der Waals surface area contributed by atoms with Gasteiger partial charge in [0.05, 0.1) is 6.61 Å². The van der Waals surface area contributed by atoms with Crippen LogP contribution in [0.25, 0.3) is 0 Å². The van der Waals surface area contributed by atoms with Crippen molar-refractivity contribution in [3.63, 3.8) is 0 Å². The molecule has 0 fully saturated rings. The van der Waals surface area contributed by atoms with E-state index >= 15 is 0 Å². The van der Waals surface area contributed by atoms with Gasteiger partial charge in [0.25, 0.3) is 0 Å². The molecule has 2 heteroatoms. The van der Waals surface area contributed by atoms with Crippen LogP contribution in [0.1, 0.15) is 57.7 Å². The predicted molar refractivity (Wildman–Crippen MR) is 82.9 cm³/mol. The second kappa shape index (κ2) is 6.60. The van der Waals surface area contributed by atoms with Crippen LogP contribution in [0.5, 0.6) is 5.75 Å². The number of benzene rings is 1. The molecule has 0 aliphatic heterocycles. The molecular weight excluding hydrogens is 288 g/mol. The first-order valence-electron chi connectivity index (χ1n) is 6.79. The Bertz CT molecular complexity index is 391. The molecule has 0 amide bonds. The number of alkyl halides is 1. The molecule has 1 rings (SSSR count). The fraction of sp³-hybridized carbons (Fsp3) is 0.625. The lowest BCUT2D eigenvalue weighted by Crippen LogP contribution is -2.13. The summed E-state index contributed by atoms with van der Waals surface area (Å²) in [5, 5.41) is 0.895. The largest absolute Gasteiger partial charge is 0.494 e. The highest BCUT2D eigenvalue weighted by atomic mass is 79.9. The van der Waals surface area contributed by atoms with Gasteiger partial charge in [-0.1, -0.05) is 56.1 Å². The fourth-order valence-electron chi connectivity index (χ4n) is 2.07. The van der Waals surface area contributed by atoms with Crippen LogP contribution < -0.4 is 4.74 Å². The summed E-state index contributed by atoms with van der Waals surface area (Å²) in [6, 6.07) is 4.54. The Morgan fingerprint density at radius 2 is 1.83 bits per heavy atom. The number of rotatable bonds is 5. The zero-order valence-corrected chi connectivity index (χ0v) is 13.9. The van der Waals surface area contributed by atoms with Crippen molar-refractivity contribution >= 4 is 15.9 Å². The predicted octanol–water partition coefficient (Wildman–Crippen LogP) is 5.23. The molecule has 1 aromatic carbocycles. The Labute approximate surface area is 120 Å². The molecule has 0 saturated carbocycles. The van der Waals surface area contributed by atoms with E-state index in [1.165, 1.54) is 16.7 Å². The molecular formula is C16H25BrO. The first-order chi connectivity index (χ1) is 8.43. The van der Waals surface area contributed by atoms with Crippen molar-refractivity contribution in [3.8, 4) is 5.75 Å². The minimum Gasteiger partial charge on any atom is -0.494 e. The summed E-state index contributed by atoms with van der Waals surface area (Å²) < 4.78 is 5.85. The minimum atomic E-state index is 0.160. The standard InChI is InChI=1S/C16H25BrO/c1-6-8-14-12(11-17)9-13(16(3,4)5)10-15(14)18-7-2/h9-10H,6-8,11H2,1-5H3. The molecule has 0 aliphatic rings. The van der Waals surface area contributed by atoms with E-state index in [-0.39, 0.29) is 5.41 Å². The first kappa shape index (κ1) is 15.6. The summed E-state index contributed by atoms with van der Waals surface area (Å²) in [6.07, 6.45) is 2.23. The molecule has 0 radical (unpaired) electrons. The zero-order valence-electron chi connectivity index (χ0n) is 12.3. The molecule has 102 valence electrons. The SMILES string of the molecule is CCCc1c(CBr)cc(C(C)(C)C)cc1OCC. The number of hydrogen-bond acceptors (Lipinski definition) is 1. The van der Waals surface area contributed by atoms with E-state index in [1.807, 2.05) is 6.92 Å². The minimum absolute atomic E-state index is 0.160. The van der Waals surface area contributed by atoms with Gasteiger partial charge in [0.1, 0.15) is 5.75 Å².